The van der Waals surface area contributed by atoms with Crippen molar-refractivity contribution >= 4 is 0 Å². The smallest absolute Gasteiger partial charge is 0.416 e. The third-order valence-electron chi connectivity index (χ3n) is 2.37. The van der Waals surface area contributed by atoms with Crippen LogP contribution >= 0.6 is 0 Å². The van der Waals surface area contributed by atoms with E-state index in [1.54, 1.807) is 6.92 Å². The van der Waals surface area contributed by atoms with Crippen LogP contribution in [-0.2, 0) is 6.18 Å². The van der Waals surface area contributed by atoms with Crippen molar-refractivity contribution in [1.82, 2.24) is 0 Å². The van der Waals surface area contributed by atoms with E-state index in [9.17, 15) is 13.2 Å². The Morgan fingerprint density at radius 2 is 2.06 bits per heavy atom. The van der Waals surface area contributed by atoms with E-state index in [1.165, 1.54) is 19.1 Å². The first kappa shape index (κ1) is 13.4. The summed E-state index contributed by atoms with van der Waals surface area (Å²) >= 11 is 0. The fraction of sp³-hybridized carbons (Fsp3) is 0.417. The van der Waals surface area contributed by atoms with Gasteiger partial charge < -0.3 is 4.74 Å². The number of ether oxygens (including phenoxy) is 1. The van der Waals surface area contributed by atoms with Gasteiger partial charge in [0, 0.05) is 5.56 Å². The Labute approximate surface area is 97.6 Å². The van der Waals surface area contributed by atoms with Crippen molar-refractivity contribution in [3.05, 3.63) is 29.3 Å². The van der Waals surface area contributed by atoms with Gasteiger partial charge in [-0.1, -0.05) is 13.0 Å². The van der Waals surface area contributed by atoms with E-state index in [-0.39, 0.29) is 11.3 Å². The van der Waals surface area contributed by atoms with Crippen molar-refractivity contribution in [3.8, 4) is 11.8 Å². The molecule has 1 atom stereocenters. The zero-order valence-corrected chi connectivity index (χ0v) is 9.51. The molecule has 0 aliphatic rings. The number of hydrogen-bond acceptors (Lipinski definition) is 2. The van der Waals surface area contributed by atoms with Crippen molar-refractivity contribution in [3.63, 3.8) is 0 Å². The molecule has 0 saturated heterocycles. The number of halogens is 3. The van der Waals surface area contributed by atoms with Crippen LogP contribution in [0, 0.1) is 18.3 Å². The summed E-state index contributed by atoms with van der Waals surface area (Å²) in [6.45, 7) is 3.07. The molecule has 1 aromatic rings. The predicted molar refractivity (Wildman–Crippen MR) is 56.5 cm³/mol. The molecule has 1 aromatic carbocycles. The van der Waals surface area contributed by atoms with Crippen molar-refractivity contribution in [1.29, 1.82) is 5.26 Å². The van der Waals surface area contributed by atoms with Gasteiger partial charge in [0.25, 0.3) is 0 Å². The summed E-state index contributed by atoms with van der Waals surface area (Å²) in [5, 5.41) is 8.71. The van der Waals surface area contributed by atoms with E-state index in [0.717, 1.165) is 6.07 Å². The van der Waals surface area contributed by atoms with Crippen LogP contribution in [0.4, 0.5) is 13.2 Å². The fourth-order valence-corrected chi connectivity index (χ4v) is 1.40. The van der Waals surface area contributed by atoms with Gasteiger partial charge in [0.2, 0.25) is 0 Å². The maximum atomic E-state index is 12.6. The summed E-state index contributed by atoms with van der Waals surface area (Å²) in [6.07, 6.45) is -4.71. The second-order valence-electron chi connectivity index (χ2n) is 3.57. The lowest BCUT2D eigenvalue weighted by molar-refractivity contribution is -0.138. The first-order valence-corrected chi connectivity index (χ1v) is 5.13. The van der Waals surface area contributed by atoms with Gasteiger partial charge in [-0.2, -0.15) is 18.4 Å². The van der Waals surface area contributed by atoms with Crippen molar-refractivity contribution in [2.75, 3.05) is 0 Å². The molecule has 2 nitrogen and oxygen atoms in total. The predicted octanol–water partition coefficient (Wildman–Crippen LogP) is 3.69. The van der Waals surface area contributed by atoms with Gasteiger partial charge in [-0.15, -0.1) is 0 Å². The van der Waals surface area contributed by atoms with Crippen molar-refractivity contribution < 1.29 is 17.9 Å². The number of rotatable bonds is 3. The molecular formula is C12H12F3NO. The van der Waals surface area contributed by atoms with Crippen LogP contribution in [0.15, 0.2) is 18.2 Å². The molecule has 0 aliphatic heterocycles. The molecule has 0 N–H and O–H groups in total. The Hall–Kier alpha value is -1.70. The van der Waals surface area contributed by atoms with Crippen LogP contribution in [-0.4, -0.2) is 6.10 Å². The molecule has 0 heterocycles. The second kappa shape index (κ2) is 5.09. The first-order valence-electron chi connectivity index (χ1n) is 5.13. The zero-order chi connectivity index (χ0) is 13.1. The van der Waals surface area contributed by atoms with Crippen LogP contribution in [0.3, 0.4) is 0 Å². The van der Waals surface area contributed by atoms with Gasteiger partial charge in [-0.05, 0) is 25.5 Å². The van der Waals surface area contributed by atoms with Crippen molar-refractivity contribution in [2.45, 2.75) is 32.5 Å². The molecule has 92 valence electrons. The second-order valence-corrected chi connectivity index (χ2v) is 3.57. The Morgan fingerprint density at radius 3 is 2.53 bits per heavy atom. The van der Waals surface area contributed by atoms with E-state index in [1.807, 2.05) is 6.07 Å². The monoisotopic (exact) mass is 243 g/mol. The van der Waals surface area contributed by atoms with E-state index >= 15 is 0 Å². The SMILES string of the molecule is CCC(C#N)Oc1cccc(C(F)(F)F)c1C. The molecule has 5 heteroatoms. The number of hydrogen-bond donors (Lipinski definition) is 0. The number of alkyl halides is 3. The van der Waals surface area contributed by atoms with Crippen molar-refractivity contribution in [2.24, 2.45) is 0 Å². The van der Waals surface area contributed by atoms with Crippen LogP contribution in [0.25, 0.3) is 0 Å². The quantitative estimate of drug-likeness (QED) is 0.811. The summed E-state index contributed by atoms with van der Waals surface area (Å²) in [6, 6.07) is 5.59. The summed E-state index contributed by atoms with van der Waals surface area (Å²) in [4.78, 5) is 0. The van der Waals surface area contributed by atoms with Crippen LogP contribution in [0.5, 0.6) is 5.75 Å². The maximum absolute atomic E-state index is 12.6. The first-order chi connectivity index (χ1) is 7.90. The maximum Gasteiger partial charge on any atom is 0.416 e. The molecule has 17 heavy (non-hydrogen) atoms. The van der Waals surface area contributed by atoms with Gasteiger partial charge in [0.15, 0.2) is 6.10 Å². The van der Waals surface area contributed by atoms with E-state index in [0.29, 0.717) is 6.42 Å². The molecule has 0 aliphatic carbocycles. The van der Waals surface area contributed by atoms with Gasteiger partial charge in [-0.25, -0.2) is 0 Å². The van der Waals surface area contributed by atoms with Gasteiger partial charge in [-0.3, -0.25) is 0 Å². The Balaban J connectivity index is 3.08. The van der Waals surface area contributed by atoms with E-state index in [4.69, 9.17) is 10.00 Å². The highest BCUT2D eigenvalue weighted by Gasteiger charge is 2.33. The minimum Gasteiger partial charge on any atom is -0.475 e. The lowest BCUT2D eigenvalue weighted by Crippen LogP contribution is -2.15. The Morgan fingerprint density at radius 1 is 1.41 bits per heavy atom. The molecule has 0 saturated carbocycles. The van der Waals surface area contributed by atoms with Gasteiger partial charge >= 0.3 is 6.18 Å². The standard InChI is InChI=1S/C12H12F3NO/c1-3-9(7-16)17-11-6-4-5-10(8(11)2)12(13,14)15/h4-6,9H,3H2,1-2H3. The largest absolute Gasteiger partial charge is 0.475 e. The summed E-state index contributed by atoms with van der Waals surface area (Å²) < 4.78 is 43.0. The number of benzene rings is 1. The van der Waals surface area contributed by atoms with Crippen LogP contribution in [0.2, 0.25) is 0 Å². The van der Waals surface area contributed by atoms with Crippen LogP contribution < -0.4 is 4.74 Å². The van der Waals surface area contributed by atoms with Gasteiger partial charge in [0.1, 0.15) is 11.8 Å². The molecule has 0 spiro atoms. The topological polar surface area (TPSA) is 33.0 Å². The molecule has 1 unspecified atom stereocenters. The lowest BCUT2D eigenvalue weighted by Gasteiger charge is -2.16. The van der Waals surface area contributed by atoms with E-state index in [2.05, 4.69) is 0 Å². The fourth-order valence-electron chi connectivity index (χ4n) is 1.40. The molecule has 1 rings (SSSR count). The third kappa shape index (κ3) is 3.13. The molecular weight excluding hydrogens is 231 g/mol. The van der Waals surface area contributed by atoms with Gasteiger partial charge in [0.05, 0.1) is 5.56 Å². The molecule has 0 aromatic heterocycles. The number of nitriles is 1. The highest BCUT2D eigenvalue weighted by atomic mass is 19.4. The number of nitrogens with zero attached hydrogens (tertiary/aromatic N) is 1. The average molecular weight is 243 g/mol. The summed E-state index contributed by atoms with van der Waals surface area (Å²) in [5.74, 6) is 0.105. The molecule has 0 radical (unpaired) electrons. The minimum absolute atomic E-state index is 0.00806. The molecule has 0 amide bonds. The third-order valence-corrected chi connectivity index (χ3v) is 2.37. The van der Waals surface area contributed by atoms with E-state index < -0.39 is 17.8 Å². The van der Waals surface area contributed by atoms with Crippen LogP contribution in [0.1, 0.15) is 24.5 Å². The average Bonchev–Trinajstić information content (AvgIpc) is 2.26. The summed E-state index contributed by atoms with van der Waals surface area (Å²) in [5.41, 5.74) is -0.725. The summed E-state index contributed by atoms with van der Waals surface area (Å²) in [7, 11) is 0. The minimum atomic E-state index is -4.40. The highest BCUT2D eigenvalue weighted by molar-refractivity contribution is 5.41. The Bertz CT molecular complexity index is 434. The zero-order valence-electron chi connectivity index (χ0n) is 9.51. The lowest BCUT2D eigenvalue weighted by atomic mass is 10.1. The normalized spacial score (nSPS) is 12.9. The Kier molecular flexibility index (Phi) is 4.00. The molecule has 0 bridgehead atoms. The highest BCUT2D eigenvalue weighted by Crippen LogP contribution is 2.35. The molecule has 0 fully saturated rings.